The van der Waals surface area contributed by atoms with Crippen molar-refractivity contribution in [2.45, 2.75) is 13.3 Å². The Bertz CT molecular complexity index is 235. The fourth-order valence-corrected chi connectivity index (χ4v) is 1.30. The van der Waals surface area contributed by atoms with Crippen LogP contribution >= 0.6 is 23.6 Å². The minimum absolute atomic E-state index is 0.860. The molecule has 11 heavy (non-hydrogen) atoms. The van der Waals surface area contributed by atoms with Crippen molar-refractivity contribution in [2.24, 2.45) is 0 Å². The van der Waals surface area contributed by atoms with Crippen molar-refractivity contribution in [3.63, 3.8) is 0 Å². The molecule has 1 aromatic carbocycles. The first kappa shape index (κ1) is 8.69. The summed E-state index contributed by atoms with van der Waals surface area (Å²) in [5.74, 6) is 0. The molecule has 0 bridgehead atoms. The van der Waals surface area contributed by atoms with Gasteiger partial charge in [-0.05, 0) is 18.1 Å². The van der Waals surface area contributed by atoms with Crippen LogP contribution in [0.1, 0.15) is 12.5 Å². The van der Waals surface area contributed by atoms with E-state index in [1.165, 1.54) is 0 Å². The molecular formula is C8H9Cl2N. The summed E-state index contributed by atoms with van der Waals surface area (Å²) in [5.41, 5.74) is 2.01. The maximum Gasteiger partial charge on any atom is 0.0741 e. The fourth-order valence-electron chi connectivity index (χ4n) is 0.975. The lowest BCUT2D eigenvalue weighted by molar-refractivity contribution is 1.14. The summed E-state index contributed by atoms with van der Waals surface area (Å²) in [4.78, 5) is 0. The average molecular weight is 190 g/mol. The number of hydrogen-bond donors (Lipinski definition) is 0. The minimum atomic E-state index is 0.860. The van der Waals surface area contributed by atoms with Crippen molar-refractivity contribution < 1.29 is 0 Å². The molecule has 0 aromatic heterocycles. The molecule has 0 heterocycles. The Labute approximate surface area is 76.8 Å². The number of para-hydroxylation sites is 1. The standard InChI is InChI=1S/C8H9Cl2N/c1-2-7-5-3-4-6-8(7)11(9)10/h3-6H,2H2,1H3. The quantitative estimate of drug-likeness (QED) is 0.646. The van der Waals surface area contributed by atoms with E-state index in [0.717, 1.165) is 21.6 Å². The van der Waals surface area contributed by atoms with Gasteiger partial charge in [0.25, 0.3) is 0 Å². The van der Waals surface area contributed by atoms with Crippen LogP contribution in [0.2, 0.25) is 0 Å². The maximum absolute atomic E-state index is 5.59. The summed E-state index contributed by atoms with van der Waals surface area (Å²) in [6.45, 7) is 2.07. The lowest BCUT2D eigenvalue weighted by Gasteiger charge is -2.09. The summed E-state index contributed by atoms with van der Waals surface area (Å²) in [6, 6.07) is 7.78. The molecule has 0 N–H and O–H groups in total. The Balaban J connectivity index is 3.02. The third kappa shape index (κ3) is 2.01. The van der Waals surface area contributed by atoms with Gasteiger partial charge in [0, 0.05) is 23.6 Å². The molecular weight excluding hydrogens is 181 g/mol. The number of nitrogens with zero attached hydrogens (tertiary/aromatic N) is 1. The van der Waals surface area contributed by atoms with Gasteiger partial charge in [-0.15, -0.1) is 0 Å². The molecule has 0 saturated carbocycles. The van der Waals surface area contributed by atoms with Gasteiger partial charge in [-0.1, -0.05) is 25.1 Å². The number of benzene rings is 1. The van der Waals surface area contributed by atoms with E-state index in [-0.39, 0.29) is 0 Å². The second-order valence-corrected chi connectivity index (χ2v) is 3.06. The summed E-state index contributed by atoms with van der Waals surface area (Å²) < 4.78 is 1.10. The van der Waals surface area contributed by atoms with Crippen LogP contribution in [0.5, 0.6) is 0 Å². The van der Waals surface area contributed by atoms with E-state index in [1.807, 2.05) is 24.3 Å². The summed E-state index contributed by atoms with van der Waals surface area (Å²) in [7, 11) is 0. The largest absolute Gasteiger partial charge is 0.194 e. The molecule has 0 aliphatic carbocycles. The molecule has 3 heteroatoms. The molecule has 0 saturated heterocycles. The van der Waals surface area contributed by atoms with Crippen LogP contribution < -0.4 is 3.94 Å². The van der Waals surface area contributed by atoms with Gasteiger partial charge >= 0.3 is 0 Å². The highest BCUT2D eigenvalue weighted by Crippen LogP contribution is 2.23. The zero-order valence-corrected chi connectivity index (χ0v) is 7.73. The van der Waals surface area contributed by atoms with E-state index in [1.54, 1.807) is 0 Å². The van der Waals surface area contributed by atoms with E-state index >= 15 is 0 Å². The van der Waals surface area contributed by atoms with Crippen molar-refractivity contribution >= 4 is 29.2 Å². The molecule has 60 valence electrons. The average Bonchev–Trinajstić information content (AvgIpc) is 2.04. The molecule has 0 fully saturated rings. The van der Waals surface area contributed by atoms with Gasteiger partial charge in [0.05, 0.1) is 5.69 Å². The Kier molecular flexibility index (Phi) is 3.03. The van der Waals surface area contributed by atoms with Gasteiger partial charge in [-0.3, -0.25) is 0 Å². The van der Waals surface area contributed by atoms with Crippen molar-refractivity contribution in [3.8, 4) is 0 Å². The second kappa shape index (κ2) is 3.84. The van der Waals surface area contributed by atoms with Gasteiger partial charge in [0.15, 0.2) is 0 Å². The van der Waals surface area contributed by atoms with Crippen LogP contribution in [-0.2, 0) is 6.42 Å². The second-order valence-electron chi connectivity index (χ2n) is 2.22. The van der Waals surface area contributed by atoms with Gasteiger partial charge < -0.3 is 0 Å². The molecule has 1 rings (SSSR count). The topological polar surface area (TPSA) is 3.24 Å². The number of rotatable bonds is 2. The minimum Gasteiger partial charge on any atom is -0.194 e. The Morgan fingerprint density at radius 1 is 1.27 bits per heavy atom. The summed E-state index contributed by atoms with van der Waals surface area (Å²) in [6.07, 6.45) is 0.937. The van der Waals surface area contributed by atoms with Crippen LogP contribution in [0.15, 0.2) is 24.3 Å². The van der Waals surface area contributed by atoms with Gasteiger partial charge in [-0.2, -0.15) is 3.94 Å². The monoisotopic (exact) mass is 189 g/mol. The van der Waals surface area contributed by atoms with Crippen molar-refractivity contribution in [1.82, 2.24) is 0 Å². The first-order valence-electron chi connectivity index (χ1n) is 3.45. The first-order chi connectivity index (χ1) is 5.25. The number of halogens is 2. The highest BCUT2D eigenvalue weighted by atomic mass is 35.5. The van der Waals surface area contributed by atoms with Crippen molar-refractivity contribution in [2.75, 3.05) is 3.94 Å². The Morgan fingerprint density at radius 2 is 1.91 bits per heavy atom. The van der Waals surface area contributed by atoms with Crippen LogP contribution in [0.3, 0.4) is 0 Å². The molecule has 1 nitrogen and oxygen atoms in total. The summed E-state index contributed by atoms with van der Waals surface area (Å²) >= 11 is 11.2. The molecule has 0 atom stereocenters. The molecule has 0 aliphatic rings. The molecule has 1 aromatic rings. The SMILES string of the molecule is CCc1ccccc1N(Cl)Cl. The summed E-state index contributed by atoms with van der Waals surface area (Å²) in [5, 5.41) is 0. The van der Waals surface area contributed by atoms with Crippen molar-refractivity contribution in [1.29, 1.82) is 0 Å². The fraction of sp³-hybridized carbons (Fsp3) is 0.250. The van der Waals surface area contributed by atoms with Gasteiger partial charge in [0.1, 0.15) is 0 Å². The normalized spacial score (nSPS) is 9.73. The Morgan fingerprint density at radius 3 is 2.36 bits per heavy atom. The van der Waals surface area contributed by atoms with Gasteiger partial charge in [-0.25, -0.2) is 0 Å². The molecule has 0 amide bonds. The third-order valence-electron chi connectivity index (χ3n) is 1.55. The van der Waals surface area contributed by atoms with Crippen LogP contribution in [-0.4, -0.2) is 0 Å². The van der Waals surface area contributed by atoms with Gasteiger partial charge in [0.2, 0.25) is 0 Å². The lowest BCUT2D eigenvalue weighted by Crippen LogP contribution is -1.96. The highest BCUT2D eigenvalue weighted by Gasteiger charge is 2.03. The molecule has 0 unspecified atom stereocenters. The van der Waals surface area contributed by atoms with Crippen LogP contribution in [0.4, 0.5) is 5.69 Å². The van der Waals surface area contributed by atoms with Crippen LogP contribution in [0.25, 0.3) is 0 Å². The number of anilines is 1. The highest BCUT2D eigenvalue weighted by molar-refractivity contribution is 6.49. The first-order valence-corrected chi connectivity index (χ1v) is 4.13. The maximum atomic E-state index is 5.59. The molecule has 0 radical (unpaired) electrons. The van der Waals surface area contributed by atoms with E-state index in [2.05, 4.69) is 6.92 Å². The van der Waals surface area contributed by atoms with E-state index in [0.29, 0.717) is 0 Å². The van der Waals surface area contributed by atoms with E-state index in [9.17, 15) is 0 Å². The lowest BCUT2D eigenvalue weighted by atomic mass is 10.1. The third-order valence-corrected chi connectivity index (χ3v) is 1.92. The molecule has 0 aliphatic heterocycles. The smallest absolute Gasteiger partial charge is 0.0741 e. The van der Waals surface area contributed by atoms with Crippen molar-refractivity contribution in [3.05, 3.63) is 29.8 Å². The van der Waals surface area contributed by atoms with Crippen LogP contribution in [0, 0.1) is 0 Å². The Hall–Kier alpha value is -0.400. The van der Waals surface area contributed by atoms with E-state index < -0.39 is 0 Å². The zero-order chi connectivity index (χ0) is 8.27. The number of aryl methyl sites for hydroxylation is 1. The predicted octanol–water partition coefficient (Wildman–Crippen LogP) is 3.36. The van der Waals surface area contributed by atoms with E-state index in [4.69, 9.17) is 23.6 Å². The number of hydrogen-bond acceptors (Lipinski definition) is 1. The predicted molar refractivity (Wildman–Crippen MR) is 50.0 cm³/mol. The zero-order valence-electron chi connectivity index (χ0n) is 6.22. The molecule has 0 spiro atoms.